The van der Waals surface area contributed by atoms with Crippen LogP contribution < -0.4 is 5.32 Å². The summed E-state index contributed by atoms with van der Waals surface area (Å²) < 4.78 is 0. The quantitative estimate of drug-likeness (QED) is 0.699. The predicted molar refractivity (Wildman–Crippen MR) is 69.6 cm³/mol. The maximum absolute atomic E-state index is 12.3. The van der Waals surface area contributed by atoms with Gasteiger partial charge in [-0.15, -0.1) is 0 Å². The fourth-order valence-corrected chi connectivity index (χ4v) is 2.29. The number of aliphatic carboxylic acids is 1. The molecule has 1 rings (SSSR count). The highest BCUT2D eigenvalue weighted by atomic mass is 16.4. The molecule has 0 spiro atoms. The van der Waals surface area contributed by atoms with Gasteiger partial charge in [0, 0.05) is 6.42 Å². The summed E-state index contributed by atoms with van der Waals surface area (Å²) >= 11 is 0. The monoisotopic (exact) mass is 284 g/mol. The van der Waals surface area contributed by atoms with E-state index in [1.807, 2.05) is 0 Å². The lowest BCUT2D eigenvalue weighted by Crippen LogP contribution is -2.59. The summed E-state index contributed by atoms with van der Waals surface area (Å²) in [5.74, 6) is -2.60. The molecule has 112 valence electrons. The van der Waals surface area contributed by atoms with Gasteiger partial charge in [-0.1, -0.05) is 13.8 Å². The third kappa shape index (κ3) is 2.97. The molecule has 0 aromatic carbocycles. The molecule has 0 aliphatic carbocycles. The van der Waals surface area contributed by atoms with Crippen LogP contribution >= 0.6 is 0 Å². The Morgan fingerprint density at radius 1 is 1.35 bits per heavy atom. The number of carbonyl (C=O) groups is 4. The number of amides is 3. The zero-order valence-corrected chi connectivity index (χ0v) is 11.9. The minimum Gasteiger partial charge on any atom is -0.481 e. The Hall–Kier alpha value is -1.92. The fourth-order valence-electron chi connectivity index (χ4n) is 2.29. The number of carboxylic acids is 1. The molecule has 0 saturated carbocycles. The maximum Gasteiger partial charge on any atom is 0.310 e. The van der Waals surface area contributed by atoms with Crippen molar-refractivity contribution in [2.75, 3.05) is 6.54 Å². The number of carboxylic acid groups (broad SMARTS) is 1. The molecule has 0 radical (unpaired) electrons. The summed E-state index contributed by atoms with van der Waals surface area (Å²) in [6.45, 7) is 4.72. The molecule has 0 aromatic heterocycles. The van der Waals surface area contributed by atoms with Crippen LogP contribution in [0.5, 0.6) is 0 Å². The van der Waals surface area contributed by atoms with Gasteiger partial charge in [0.05, 0.1) is 5.41 Å². The molecule has 0 bridgehead atoms. The van der Waals surface area contributed by atoms with Gasteiger partial charge in [0.2, 0.25) is 17.7 Å². The first kappa shape index (κ1) is 16.1. The lowest BCUT2D eigenvalue weighted by atomic mass is 9.78. The van der Waals surface area contributed by atoms with Crippen LogP contribution in [0.3, 0.4) is 0 Å². The molecule has 0 aromatic rings. The van der Waals surface area contributed by atoms with Crippen LogP contribution in [0, 0.1) is 5.41 Å². The van der Waals surface area contributed by atoms with Crippen LogP contribution in [0.15, 0.2) is 0 Å². The van der Waals surface area contributed by atoms with E-state index in [1.54, 1.807) is 13.8 Å². The van der Waals surface area contributed by atoms with Gasteiger partial charge >= 0.3 is 5.97 Å². The van der Waals surface area contributed by atoms with E-state index in [9.17, 15) is 24.3 Å². The zero-order valence-electron chi connectivity index (χ0n) is 11.9. The maximum atomic E-state index is 12.3. The average molecular weight is 284 g/mol. The Balaban J connectivity index is 2.91. The van der Waals surface area contributed by atoms with Gasteiger partial charge in [-0.3, -0.25) is 24.5 Å². The SMILES string of the molecule is CCC(CC)(CC(=O)N1CC(=O)NC(=O)C1C)C(=O)O. The number of rotatable bonds is 5. The smallest absolute Gasteiger partial charge is 0.310 e. The second-order valence-electron chi connectivity index (χ2n) is 5.08. The third-order valence-electron chi connectivity index (χ3n) is 4.04. The van der Waals surface area contributed by atoms with E-state index in [1.165, 1.54) is 6.92 Å². The van der Waals surface area contributed by atoms with E-state index in [2.05, 4.69) is 5.32 Å². The lowest BCUT2D eigenvalue weighted by molar-refractivity contribution is -0.157. The molecule has 1 atom stereocenters. The third-order valence-corrected chi connectivity index (χ3v) is 4.04. The van der Waals surface area contributed by atoms with E-state index in [0.717, 1.165) is 4.90 Å². The number of nitrogens with zero attached hydrogens (tertiary/aromatic N) is 1. The number of piperazine rings is 1. The average Bonchev–Trinajstić information content (AvgIpc) is 2.39. The van der Waals surface area contributed by atoms with Gasteiger partial charge < -0.3 is 10.0 Å². The Morgan fingerprint density at radius 2 is 1.90 bits per heavy atom. The predicted octanol–water partition coefficient (Wildman–Crippen LogP) is 0.141. The molecule has 1 aliphatic heterocycles. The van der Waals surface area contributed by atoms with Crippen molar-refractivity contribution in [3.05, 3.63) is 0 Å². The van der Waals surface area contributed by atoms with E-state index in [-0.39, 0.29) is 13.0 Å². The summed E-state index contributed by atoms with van der Waals surface area (Å²) in [4.78, 5) is 47.7. The second kappa shape index (κ2) is 6.02. The first-order valence-corrected chi connectivity index (χ1v) is 6.64. The van der Waals surface area contributed by atoms with Crippen LogP contribution in [0.2, 0.25) is 0 Å². The Morgan fingerprint density at radius 3 is 2.35 bits per heavy atom. The first-order valence-electron chi connectivity index (χ1n) is 6.64. The van der Waals surface area contributed by atoms with E-state index < -0.39 is 35.1 Å². The van der Waals surface area contributed by atoms with Crippen molar-refractivity contribution in [2.24, 2.45) is 5.41 Å². The van der Waals surface area contributed by atoms with Gasteiger partial charge in [-0.05, 0) is 19.8 Å². The van der Waals surface area contributed by atoms with Crippen molar-refractivity contribution in [1.82, 2.24) is 10.2 Å². The normalized spacial score (nSPS) is 19.8. The molecule has 2 N–H and O–H groups in total. The van der Waals surface area contributed by atoms with E-state index in [4.69, 9.17) is 0 Å². The molecule has 20 heavy (non-hydrogen) atoms. The number of nitrogens with one attached hydrogen (secondary N) is 1. The minimum atomic E-state index is -1.15. The number of hydrogen-bond acceptors (Lipinski definition) is 4. The molecular weight excluding hydrogens is 264 g/mol. The highest BCUT2D eigenvalue weighted by molar-refractivity contribution is 6.04. The Kier molecular flexibility index (Phi) is 4.86. The van der Waals surface area contributed by atoms with Crippen LogP contribution in [0.25, 0.3) is 0 Å². The van der Waals surface area contributed by atoms with Crippen molar-refractivity contribution < 1.29 is 24.3 Å². The Bertz CT molecular complexity index is 442. The minimum absolute atomic E-state index is 0.208. The van der Waals surface area contributed by atoms with Gasteiger partial charge in [0.15, 0.2) is 0 Å². The summed E-state index contributed by atoms with van der Waals surface area (Å²) in [7, 11) is 0. The van der Waals surface area contributed by atoms with Crippen LogP contribution in [-0.4, -0.2) is 46.3 Å². The molecule has 1 heterocycles. The van der Waals surface area contributed by atoms with Gasteiger partial charge in [0.1, 0.15) is 12.6 Å². The second-order valence-corrected chi connectivity index (χ2v) is 5.08. The summed E-state index contributed by atoms with van der Waals surface area (Å²) in [5, 5.41) is 11.5. The molecule has 1 fully saturated rings. The van der Waals surface area contributed by atoms with E-state index in [0.29, 0.717) is 12.8 Å². The molecule has 7 nitrogen and oxygen atoms in total. The Labute approximate surface area is 117 Å². The highest BCUT2D eigenvalue weighted by Crippen LogP contribution is 2.32. The summed E-state index contributed by atoms with van der Waals surface area (Å²) in [5.41, 5.74) is -1.15. The van der Waals surface area contributed by atoms with Crippen molar-refractivity contribution >= 4 is 23.7 Å². The summed E-state index contributed by atoms with van der Waals surface area (Å²) in [6.07, 6.45) is 0.417. The van der Waals surface area contributed by atoms with Crippen LogP contribution in [-0.2, 0) is 19.2 Å². The zero-order chi connectivity index (χ0) is 15.5. The fraction of sp³-hybridized carbons (Fsp3) is 0.692. The molecule has 1 saturated heterocycles. The van der Waals surface area contributed by atoms with Crippen LogP contribution in [0.4, 0.5) is 0 Å². The topological polar surface area (TPSA) is 104 Å². The molecular formula is C13H20N2O5. The van der Waals surface area contributed by atoms with Gasteiger partial charge in [-0.2, -0.15) is 0 Å². The number of hydrogen-bond donors (Lipinski definition) is 2. The summed E-state index contributed by atoms with van der Waals surface area (Å²) in [6, 6.07) is -0.764. The van der Waals surface area contributed by atoms with Crippen LogP contribution in [0.1, 0.15) is 40.0 Å². The highest BCUT2D eigenvalue weighted by Gasteiger charge is 2.41. The molecule has 7 heteroatoms. The number of carbonyl (C=O) groups excluding carboxylic acids is 3. The van der Waals surface area contributed by atoms with Gasteiger partial charge in [-0.25, -0.2) is 0 Å². The van der Waals surface area contributed by atoms with Gasteiger partial charge in [0.25, 0.3) is 0 Å². The molecule has 1 unspecified atom stereocenters. The van der Waals surface area contributed by atoms with Crippen molar-refractivity contribution in [3.8, 4) is 0 Å². The first-order chi connectivity index (χ1) is 9.27. The largest absolute Gasteiger partial charge is 0.481 e. The standard InChI is InChI=1S/C13H20N2O5/c1-4-13(5-2,12(19)20)6-10(17)15-7-9(16)14-11(18)8(15)3/h8H,4-7H2,1-3H3,(H,19,20)(H,14,16,18). The van der Waals surface area contributed by atoms with Crippen molar-refractivity contribution in [2.45, 2.75) is 46.1 Å². The molecule has 1 aliphatic rings. The number of imide groups is 1. The lowest BCUT2D eigenvalue weighted by Gasteiger charge is -2.35. The van der Waals surface area contributed by atoms with Crippen molar-refractivity contribution in [1.29, 1.82) is 0 Å². The van der Waals surface area contributed by atoms with Crippen molar-refractivity contribution in [3.63, 3.8) is 0 Å². The van der Waals surface area contributed by atoms with E-state index >= 15 is 0 Å². The molecule has 3 amide bonds.